The molecule has 1 saturated heterocycles. The molecule has 1 aromatic carbocycles. The molecule has 0 bridgehead atoms. The molecule has 0 saturated carbocycles. The first-order chi connectivity index (χ1) is 13.2. The third kappa shape index (κ3) is 4.78. The lowest BCUT2D eigenvalue weighted by Gasteiger charge is -2.32. The van der Waals surface area contributed by atoms with Crippen LogP contribution in [0.2, 0.25) is 0 Å². The van der Waals surface area contributed by atoms with Crippen molar-refractivity contribution in [3.8, 4) is 11.5 Å². The summed E-state index contributed by atoms with van der Waals surface area (Å²) in [7, 11) is 4.10. The molecule has 2 aromatic rings. The van der Waals surface area contributed by atoms with Gasteiger partial charge in [0.15, 0.2) is 11.5 Å². The molecule has 1 fully saturated rings. The number of hydrogen-bond donors (Lipinski definition) is 0. The van der Waals surface area contributed by atoms with Crippen molar-refractivity contribution in [1.29, 1.82) is 0 Å². The first-order valence-electron chi connectivity index (χ1n) is 9.80. The van der Waals surface area contributed by atoms with Gasteiger partial charge in [-0.1, -0.05) is 11.3 Å². The van der Waals surface area contributed by atoms with Crippen molar-refractivity contribution in [3.63, 3.8) is 0 Å². The van der Waals surface area contributed by atoms with E-state index in [1.54, 1.807) is 0 Å². The van der Waals surface area contributed by atoms with Gasteiger partial charge >= 0.3 is 0 Å². The van der Waals surface area contributed by atoms with Crippen molar-refractivity contribution in [2.75, 3.05) is 40.4 Å². The molecule has 4 rings (SSSR count). The molecule has 0 radical (unpaired) electrons. The van der Waals surface area contributed by atoms with E-state index < -0.39 is 0 Å². The van der Waals surface area contributed by atoms with Crippen LogP contribution >= 0.6 is 0 Å². The van der Waals surface area contributed by atoms with E-state index in [1.807, 2.05) is 10.7 Å². The molecule has 146 valence electrons. The maximum atomic E-state index is 5.72. The van der Waals surface area contributed by atoms with Crippen LogP contribution in [0.25, 0.3) is 0 Å². The van der Waals surface area contributed by atoms with E-state index in [4.69, 9.17) is 9.47 Å². The number of aromatic nitrogens is 3. The Balaban J connectivity index is 1.33. The van der Waals surface area contributed by atoms with Crippen LogP contribution in [-0.4, -0.2) is 65.2 Å². The number of fused-ring (bicyclic) bond motifs is 1. The minimum absolute atomic E-state index is 0.616. The number of benzene rings is 1. The Kier molecular flexibility index (Phi) is 5.59. The molecule has 0 amide bonds. The predicted octanol–water partition coefficient (Wildman–Crippen LogP) is 2.02. The maximum absolute atomic E-state index is 5.72. The van der Waals surface area contributed by atoms with E-state index in [0.29, 0.717) is 19.1 Å². The van der Waals surface area contributed by atoms with E-state index >= 15 is 0 Å². The summed E-state index contributed by atoms with van der Waals surface area (Å²) in [6.45, 7) is 6.25. The molecule has 2 aliphatic rings. The smallest absolute Gasteiger partial charge is 0.161 e. The summed E-state index contributed by atoms with van der Waals surface area (Å²) in [5.74, 6) is 2.36. The van der Waals surface area contributed by atoms with Crippen molar-refractivity contribution in [3.05, 3.63) is 35.7 Å². The van der Waals surface area contributed by atoms with Crippen molar-refractivity contribution in [2.24, 2.45) is 5.92 Å². The highest BCUT2D eigenvalue weighted by atomic mass is 16.6. The Hall–Kier alpha value is -2.12. The highest BCUT2D eigenvalue weighted by Gasteiger charge is 2.22. The van der Waals surface area contributed by atoms with Gasteiger partial charge in [0.05, 0.1) is 5.69 Å². The number of hydrogen-bond acceptors (Lipinski definition) is 6. The summed E-state index contributed by atoms with van der Waals surface area (Å²) >= 11 is 0. The number of rotatable bonds is 6. The Morgan fingerprint density at radius 3 is 2.89 bits per heavy atom. The lowest BCUT2D eigenvalue weighted by Crippen LogP contribution is -2.36. The number of nitrogens with zero attached hydrogens (tertiary/aromatic N) is 5. The minimum Gasteiger partial charge on any atom is -0.486 e. The highest BCUT2D eigenvalue weighted by molar-refractivity contribution is 5.43. The Morgan fingerprint density at radius 1 is 1.19 bits per heavy atom. The standard InChI is InChI=1S/C20H29N5O2/c1-23(2)14-18-15-25(22-21-18)13-17-4-3-7-24(12-17)11-16-5-6-19-20(10-16)27-9-8-26-19/h5-6,10,15,17H,3-4,7-9,11-14H2,1-2H3/t17-/m1/s1. The van der Waals surface area contributed by atoms with Gasteiger partial charge in [-0.25, -0.2) is 0 Å². The topological polar surface area (TPSA) is 55.7 Å². The summed E-state index contributed by atoms with van der Waals surface area (Å²) in [5, 5.41) is 8.59. The first-order valence-corrected chi connectivity index (χ1v) is 9.80. The fourth-order valence-electron chi connectivity index (χ4n) is 3.98. The van der Waals surface area contributed by atoms with Crippen LogP contribution in [0.3, 0.4) is 0 Å². The summed E-state index contributed by atoms with van der Waals surface area (Å²) < 4.78 is 13.3. The monoisotopic (exact) mass is 371 g/mol. The average molecular weight is 371 g/mol. The quantitative estimate of drug-likeness (QED) is 0.774. The van der Waals surface area contributed by atoms with Crippen molar-refractivity contribution < 1.29 is 9.47 Å². The van der Waals surface area contributed by atoms with Crippen LogP contribution in [-0.2, 0) is 19.6 Å². The van der Waals surface area contributed by atoms with Crippen LogP contribution in [0.5, 0.6) is 11.5 Å². The molecular formula is C20H29N5O2. The van der Waals surface area contributed by atoms with E-state index in [9.17, 15) is 0 Å². The summed E-state index contributed by atoms with van der Waals surface area (Å²) in [4.78, 5) is 4.65. The molecule has 3 heterocycles. The van der Waals surface area contributed by atoms with Crippen LogP contribution in [0.15, 0.2) is 24.4 Å². The largest absolute Gasteiger partial charge is 0.486 e. The first kappa shape index (κ1) is 18.3. The molecule has 27 heavy (non-hydrogen) atoms. The van der Waals surface area contributed by atoms with Crippen molar-refractivity contribution in [2.45, 2.75) is 32.5 Å². The van der Waals surface area contributed by atoms with E-state index in [2.05, 4.69) is 52.5 Å². The van der Waals surface area contributed by atoms with Gasteiger partial charge in [0, 0.05) is 32.4 Å². The lowest BCUT2D eigenvalue weighted by molar-refractivity contribution is 0.151. The fraction of sp³-hybridized carbons (Fsp3) is 0.600. The molecular weight excluding hydrogens is 342 g/mol. The van der Waals surface area contributed by atoms with Gasteiger partial charge in [-0.05, 0) is 57.1 Å². The molecule has 0 unspecified atom stereocenters. The maximum Gasteiger partial charge on any atom is 0.161 e. The molecule has 7 nitrogen and oxygen atoms in total. The van der Waals surface area contributed by atoms with Crippen LogP contribution in [0.4, 0.5) is 0 Å². The van der Waals surface area contributed by atoms with Crippen LogP contribution in [0, 0.1) is 5.92 Å². The van der Waals surface area contributed by atoms with Crippen LogP contribution < -0.4 is 9.47 Å². The predicted molar refractivity (Wildman–Crippen MR) is 103 cm³/mol. The van der Waals surface area contributed by atoms with E-state index in [0.717, 1.165) is 49.9 Å². The van der Waals surface area contributed by atoms with Gasteiger partial charge < -0.3 is 14.4 Å². The normalized spacial score (nSPS) is 20.2. The van der Waals surface area contributed by atoms with Crippen molar-refractivity contribution in [1.82, 2.24) is 24.8 Å². The fourth-order valence-corrected chi connectivity index (χ4v) is 3.98. The Bertz CT molecular complexity index is 761. The molecule has 0 N–H and O–H groups in total. The molecule has 2 aliphatic heterocycles. The lowest BCUT2D eigenvalue weighted by atomic mass is 9.97. The van der Waals surface area contributed by atoms with Gasteiger partial charge in [0.1, 0.15) is 13.2 Å². The number of piperidine rings is 1. The average Bonchev–Trinajstić information content (AvgIpc) is 3.08. The van der Waals surface area contributed by atoms with E-state index in [1.165, 1.54) is 18.4 Å². The van der Waals surface area contributed by atoms with Crippen LogP contribution in [0.1, 0.15) is 24.1 Å². The molecule has 0 spiro atoms. The third-order valence-electron chi connectivity index (χ3n) is 5.13. The second kappa shape index (κ2) is 8.27. The molecule has 0 aliphatic carbocycles. The zero-order valence-electron chi connectivity index (χ0n) is 16.3. The SMILES string of the molecule is CN(C)Cc1cn(C[C@@H]2CCCN(Cc3ccc4c(c3)OCCO4)C2)nn1. The van der Waals surface area contributed by atoms with Gasteiger partial charge in [-0.3, -0.25) is 9.58 Å². The molecule has 7 heteroatoms. The third-order valence-corrected chi connectivity index (χ3v) is 5.13. The second-order valence-corrected chi connectivity index (χ2v) is 7.89. The number of ether oxygens (including phenoxy) is 2. The number of likely N-dealkylation sites (tertiary alicyclic amines) is 1. The van der Waals surface area contributed by atoms with E-state index in [-0.39, 0.29) is 0 Å². The van der Waals surface area contributed by atoms with Gasteiger partial charge in [-0.15, -0.1) is 5.10 Å². The molecule has 1 atom stereocenters. The van der Waals surface area contributed by atoms with Gasteiger partial charge in [-0.2, -0.15) is 0 Å². The zero-order valence-corrected chi connectivity index (χ0v) is 16.3. The second-order valence-electron chi connectivity index (χ2n) is 7.89. The summed E-state index contributed by atoms with van der Waals surface area (Å²) in [6, 6.07) is 6.32. The van der Waals surface area contributed by atoms with Gasteiger partial charge in [0.25, 0.3) is 0 Å². The summed E-state index contributed by atoms with van der Waals surface area (Å²) in [6.07, 6.45) is 4.56. The molecule has 1 aromatic heterocycles. The highest BCUT2D eigenvalue weighted by Crippen LogP contribution is 2.31. The summed E-state index contributed by atoms with van der Waals surface area (Å²) in [5.41, 5.74) is 2.32. The van der Waals surface area contributed by atoms with Gasteiger partial charge in [0.2, 0.25) is 0 Å². The Labute approximate surface area is 160 Å². The Morgan fingerprint density at radius 2 is 2.04 bits per heavy atom. The minimum atomic E-state index is 0.616. The van der Waals surface area contributed by atoms with Crippen molar-refractivity contribution >= 4 is 0 Å². The zero-order chi connectivity index (χ0) is 18.6.